The van der Waals surface area contributed by atoms with E-state index in [1.807, 2.05) is 24.3 Å². The van der Waals surface area contributed by atoms with Gasteiger partial charge in [-0.15, -0.1) is 0 Å². The second-order valence-corrected chi connectivity index (χ2v) is 6.53. The Kier molecular flexibility index (Phi) is 5.18. The van der Waals surface area contributed by atoms with E-state index in [0.29, 0.717) is 12.0 Å². The molecule has 1 heterocycles. The van der Waals surface area contributed by atoms with Crippen LogP contribution in [0.1, 0.15) is 50.6 Å². The number of nitrogens with one attached hydrogen (secondary N) is 3. The molecular formula is C18H27N3O2. The Labute approximate surface area is 138 Å². The molecule has 1 amide bonds. The molecule has 0 bridgehead atoms. The lowest BCUT2D eigenvalue weighted by Crippen LogP contribution is -2.46. The fourth-order valence-electron chi connectivity index (χ4n) is 3.92. The van der Waals surface area contributed by atoms with E-state index in [-0.39, 0.29) is 18.0 Å². The van der Waals surface area contributed by atoms with E-state index < -0.39 is 0 Å². The first-order chi connectivity index (χ1) is 11.2. The number of fused-ring (bicyclic) bond motifs is 1. The first kappa shape index (κ1) is 16.3. The smallest absolute Gasteiger partial charge is 0.239 e. The van der Waals surface area contributed by atoms with Crippen LogP contribution < -0.4 is 20.9 Å². The van der Waals surface area contributed by atoms with Crippen molar-refractivity contribution >= 4 is 5.91 Å². The fourth-order valence-corrected chi connectivity index (χ4v) is 3.92. The van der Waals surface area contributed by atoms with Crippen LogP contribution in [0.15, 0.2) is 24.3 Å². The molecule has 23 heavy (non-hydrogen) atoms. The number of ether oxygens (including phenoxy) is 1. The maximum absolute atomic E-state index is 12.8. The zero-order chi connectivity index (χ0) is 16.2. The van der Waals surface area contributed by atoms with Gasteiger partial charge >= 0.3 is 0 Å². The van der Waals surface area contributed by atoms with E-state index in [9.17, 15) is 4.79 Å². The average Bonchev–Trinajstić information content (AvgIpc) is 3.03. The third kappa shape index (κ3) is 3.35. The highest BCUT2D eigenvalue weighted by atomic mass is 16.5. The number of rotatable bonds is 5. The molecule has 0 radical (unpaired) electrons. The number of hydrazine groups is 1. The van der Waals surface area contributed by atoms with Crippen molar-refractivity contribution in [2.24, 2.45) is 5.92 Å². The molecule has 3 N–H and O–H groups in total. The molecule has 1 aliphatic heterocycles. The molecule has 3 rings (SSSR count). The van der Waals surface area contributed by atoms with Crippen LogP contribution in [0.4, 0.5) is 0 Å². The van der Waals surface area contributed by atoms with E-state index in [2.05, 4.69) is 23.1 Å². The summed E-state index contributed by atoms with van der Waals surface area (Å²) in [4.78, 5) is 12.8. The monoisotopic (exact) mass is 317 g/mol. The Bertz CT molecular complexity index is 549. The number of carbonyl (C=O) groups is 1. The molecule has 0 aromatic heterocycles. The summed E-state index contributed by atoms with van der Waals surface area (Å²) in [6.07, 6.45) is 5.58. The van der Waals surface area contributed by atoms with Gasteiger partial charge in [-0.2, -0.15) is 0 Å². The van der Waals surface area contributed by atoms with Gasteiger partial charge in [-0.3, -0.25) is 10.2 Å². The second kappa shape index (κ2) is 7.32. The Morgan fingerprint density at radius 2 is 2.09 bits per heavy atom. The van der Waals surface area contributed by atoms with E-state index in [1.165, 1.54) is 12.8 Å². The van der Waals surface area contributed by atoms with Crippen molar-refractivity contribution < 1.29 is 9.53 Å². The molecule has 0 spiro atoms. The topological polar surface area (TPSA) is 62.4 Å². The number of hydrogen-bond donors (Lipinski definition) is 3. The van der Waals surface area contributed by atoms with Crippen LogP contribution >= 0.6 is 0 Å². The maximum Gasteiger partial charge on any atom is 0.239 e. The third-order valence-corrected chi connectivity index (χ3v) is 5.19. The van der Waals surface area contributed by atoms with Crippen LogP contribution in [0, 0.1) is 5.92 Å². The van der Waals surface area contributed by atoms with E-state index in [1.54, 1.807) is 7.11 Å². The summed E-state index contributed by atoms with van der Waals surface area (Å²) in [5, 5.41) is 3.21. The van der Waals surface area contributed by atoms with Gasteiger partial charge in [0.15, 0.2) is 0 Å². The number of amides is 1. The summed E-state index contributed by atoms with van der Waals surface area (Å²) >= 11 is 0. The molecule has 126 valence electrons. The standard InChI is InChI=1S/C18H27N3O2/c1-3-14(12-8-5-7-11-16(12)23-2)19-18(22)17-13-9-4-6-10-15(13)20-21-17/h5,7-8,11,13-15,17,20-21H,3-4,6,9-10H2,1-2H3,(H,19,22). The van der Waals surface area contributed by atoms with Gasteiger partial charge < -0.3 is 10.1 Å². The third-order valence-electron chi connectivity index (χ3n) is 5.19. The second-order valence-electron chi connectivity index (χ2n) is 6.53. The number of para-hydroxylation sites is 1. The lowest BCUT2D eigenvalue weighted by atomic mass is 9.81. The van der Waals surface area contributed by atoms with Crippen molar-refractivity contribution in [1.29, 1.82) is 0 Å². The normalized spacial score (nSPS) is 28.0. The van der Waals surface area contributed by atoms with Crippen molar-refractivity contribution in [3.8, 4) is 5.75 Å². The van der Waals surface area contributed by atoms with Gasteiger partial charge in [-0.05, 0) is 25.3 Å². The van der Waals surface area contributed by atoms with Gasteiger partial charge in [0.05, 0.1) is 13.2 Å². The van der Waals surface area contributed by atoms with Gasteiger partial charge in [0.25, 0.3) is 0 Å². The number of benzene rings is 1. The number of carbonyl (C=O) groups excluding carboxylic acids is 1. The molecule has 1 saturated carbocycles. The van der Waals surface area contributed by atoms with Crippen LogP contribution in [-0.4, -0.2) is 25.1 Å². The lowest BCUT2D eigenvalue weighted by molar-refractivity contribution is -0.124. The molecule has 2 fully saturated rings. The Morgan fingerprint density at radius 3 is 2.87 bits per heavy atom. The van der Waals surface area contributed by atoms with Crippen molar-refractivity contribution in [1.82, 2.24) is 16.2 Å². The van der Waals surface area contributed by atoms with Gasteiger partial charge in [-0.1, -0.05) is 38.0 Å². The summed E-state index contributed by atoms with van der Waals surface area (Å²) in [5.74, 6) is 1.32. The van der Waals surface area contributed by atoms with Crippen molar-refractivity contribution in [2.45, 2.75) is 57.2 Å². The first-order valence-corrected chi connectivity index (χ1v) is 8.69. The van der Waals surface area contributed by atoms with Gasteiger partial charge in [0.1, 0.15) is 11.8 Å². The summed E-state index contributed by atoms with van der Waals surface area (Å²) in [7, 11) is 1.67. The molecule has 1 aromatic rings. The SMILES string of the molecule is CCC(NC(=O)C1NNC2CCCCC21)c1ccccc1OC. The number of hydrogen-bond acceptors (Lipinski definition) is 4. The molecule has 1 aliphatic carbocycles. The fraction of sp³-hybridized carbons (Fsp3) is 0.611. The quantitative estimate of drug-likeness (QED) is 0.780. The summed E-state index contributed by atoms with van der Waals surface area (Å²) in [6.45, 7) is 2.08. The van der Waals surface area contributed by atoms with Crippen LogP contribution in [-0.2, 0) is 4.79 Å². The predicted octanol–water partition coefficient (Wildman–Crippen LogP) is 2.30. The minimum atomic E-state index is -0.135. The zero-order valence-electron chi connectivity index (χ0n) is 14.0. The predicted molar refractivity (Wildman–Crippen MR) is 90.0 cm³/mol. The molecule has 4 atom stereocenters. The van der Waals surface area contributed by atoms with E-state index in [0.717, 1.165) is 30.6 Å². The molecular weight excluding hydrogens is 290 g/mol. The molecule has 5 nitrogen and oxygen atoms in total. The van der Waals surface area contributed by atoms with Gasteiger partial charge in [-0.25, -0.2) is 5.43 Å². The van der Waals surface area contributed by atoms with Gasteiger partial charge in [0, 0.05) is 17.5 Å². The molecule has 4 unspecified atom stereocenters. The van der Waals surface area contributed by atoms with Crippen molar-refractivity contribution in [3.05, 3.63) is 29.8 Å². The van der Waals surface area contributed by atoms with Crippen LogP contribution in [0.5, 0.6) is 5.75 Å². The van der Waals surface area contributed by atoms with Gasteiger partial charge in [0.2, 0.25) is 5.91 Å². The van der Waals surface area contributed by atoms with Crippen LogP contribution in [0.25, 0.3) is 0 Å². The lowest BCUT2D eigenvalue weighted by Gasteiger charge is -2.28. The van der Waals surface area contributed by atoms with Crippen LogP contribution in [0.2, 0.25) is 0 Å². The molecule has 5 heteroatoms. The average molecular weight is 317 g/mol. The summed E-state index contributed by atoms with van der Waals surface area (Å²) in [6, 6.07) is 8.18. The maximum atomic E-state index is 12.8. The minimum absolute atomic E-state index is 0.0249. The Balaban J connectivity index is 1.70. The highest BCUT2D eigenvalue weighted by Gasteiger charge is 2.41. The van der Waals surface area contributed by atoms with Crippen molar-refractivity contribution in [3.63, 3.8) is 0 Å². The summed E-state index contributed by atoms with van der Waals surface area (Å²) in [5.41, 5.74) is 7.56. The minimum Gasteiger partial charge on any atom is -0.496 e. The summed E-state index contributed by atoms with van der Waals surface area (Å²) < 4.78 is 5.44. The molecule has 2 aliphatic rings. The van der Waals surface area contributed by atoms with E-state index in [4.69, 9.17) is 4.74 Å². The zero-order valence-corrected chi connectivity index (χ0v) is 14.0. The first-order valence-electron chi connectivity index (χ1n) is 8.69. The molecule has 1 saturated heterocycles. The Hall–Kier alpha value is -1.59. The molecule has 1 aromatic carbocycles. The largest absolute Gasteiger partial charge is 0.496 e. The Morgan fingerprint density at radius 1 is 1.30 bits per heavy atom. The van der Waals surface area contributed by atoms with Crippen molar-refractivity contribution in [2.75, 3.05) is 7.11 Å². The highest BCUT2D eigenvalue weighted by Crippen LogP contribution is 2.31. The number of methoxy groups -OCH3 is 1. The van der Waals surface area contributed by atoms with Crippen LogP contribution in [0.3, 0.4) is 0 Å². The van der Waals surface area contributed by atoms with E-state index >= 15 is 0 Å². The highest BCUT2D eigenvalue weighted by molar-refractivity contribution is 5.83.